The number of aryl methyl sites for hydroxylation is 1. The third-order valence-corrected chi connectivity index (χ3v) is 4.33. The zero-order valence-corrected chi connectivity index (χ0v) is 9.19. The summed E-state index contributed by atoms with van der Waals surface area (Å²) in [5.41, 5.74) is 8.91. The molecule has 3 atom stereocenters. The van der Waals surface area contributed by atoms with Crippen LogP contribution < -0.4 is 5.73 Å². The second-order valence-corrected chi connectivity index (χ2v) is 5.09. The minimum absolute atomic E-state index is 0.231. The largest absolute Gasteiger partial charge is 0.324 e. The van der Waals surface area contributed by atoms with E-state index in [0.717, 1.165) is 17.8 Å². The highest BCUT2D eigenvalue weighted by atomic mass is 14.8. The summed E-state index contributed by atoms with van der Waals surface area (Å²) in [6, 6.07) is 2.29. The molecule has 0 spiro atoms. The fourth-order valence-electron chi connectivity index (χ4n) is 3.44. The zero-order chi connectivity index (χ0) is 10.4. The molecule has 2 fully saturated rings. The third kappa shape index (κ3) is 1.39. The molecule has 1 heterocycles. The van der Waals surface area contributed by atoms with E-state index >= 15 is 0 Å². The summed E-state index contributed by atoms with van der Waals surface area (Å²) in [7, 11) is 0. The zero-order valence-electron chi connectivity index (χ0n) is 9.19. The lowest BCUT2D eigenvalue weighted by Crippen LogP contribution is -2.16. The Hall–Kier alpha value is -0.890. The average Bonchev–Trinajstić information content (AvgIpc) is 2.72. The maximum atomic E-state index is 6.35. The molecular weight excluding hydrogens is 184 g/mol. The number of rotatable bonds is 2. The molecule has 0 saturated heterocycles. The van der Waals surface area contributed by atoms with Gasteiger partial charge in [-0.3, -0.25) is 4.98 Å². The number of nitrogens with zero attached hydrogens (tertiary/aromatic N) is 1. The number of pyridine rings is 1. The van der Waals surface area contributed by atoms with Gasteiger partial charge in [0.05, 0.1) is 0 Å². The van der Waals surface area contributed by atoms with E-state index in [4.69, 9.17) is 5.73 Å². The Balaban J connectivity index is 1.81. The molecule has 0 aromatic carbocycles. The Morgan fingerprint density at radius 1 is 1.40 bits per heavy atom. The highest BCUT2D eigenvalue weighted by molar-refractivity contribution is 5.28. The second-order valence-electron chi connectivity index (χ2n) is 5.09. The summed E-state index contributed by atoms with van der Waals surface area (Å²) in [6.07, 6.45) is 8.03. The molecule has 1 aromatic heterocycles. The molecule has 3 unspecified atom stereocenters. The maximum Gasteiger partial charge on any atom is 0.0347 e. The Labute approximate surface area is 90.9 Å². The Kier molecular flexibility index (Phi) is 2.06. The first-order valence-corrected chi connectivity index (χ1v) is 5.95. The first-order chi connectivity index (χ1) is 7.29. The van der Waals surface area contributed by atoms with Gasteiger partial charge in [0, 0.05) is 18.4 Å². The van der Waals surface area contributed by atoms with Gasteiger partial charge < -0.3 is 5.73 Å². The van der Waals surface area contributed by atoms with Crippen molar-refractivity contribution in [3.05, 3.63) is 29.6 Å². The van der Waals surface area contributed by atoms with Gasteiger partial charge in [-0.2, -0.15) is 0 Å². The van der Waals surface area contributed by atoms with Crippen LogP contribution in [0.1, 0.15) is 36.4 Å². The van der Waals surface area contributed by atoms with Crippen LogP contribution in [0.2, 0.25) is 0 Å². The quantitative estimate of drug-likeness (QED) is 0.800. The number of hydrogen-bond donors (Lipinski definition) is 1. The van der Waals surface area contributed by atoms with Gasteiger partial charge in [-0.1, -0.05) is 6.42 Å². The van der Waals surface area contributed by atoms with Gasteiger partial charge in [0.2, 0.25) is 0 Å². The van der Waals surface area contributed by atoms with Crippen LogP contribution in [0.4, 0.5) is 0 Å². The van der Waals surface area contributed by atoms with E-state index in [1.54, 1.807) is 0 Å². The average molecular weight is 202 g/mol. The lowest BCUT2D eigenvalue weighted by atomic mass is 9.96. The second kappa shape index (κ2) is 3.31. The summed E-state index contributed by atoms with van der Waals surface area (Å²) < 4.78 is 0. The Morgan fingerprint density at radius 2 is 2.13 bits per heavy atom. The normalized spacial score (nSPS) is 34.9. The molecule has 1 aromatic rings. The summed E-state index contributed by atoms with van der Waals surface area (Å²) in [6.45, 7) is 2.13. The minimum atomic E-state index is 0.231. The van der Waals surface area contributed by atoms with E-state index < -0.39 is 0 Å². The lowest BCUT2D eigenvalue weighted by molar-refractivity contribution is 0.499. The van der Waals surface area contributed by atoms with Crippen molar-refractivity contribution in [2.75, 3.05) is 0 Å². The van der Waals surface area contributed by atoms with Crippen LogP contribution in [-0.4, -0.2) is 4.98 Å². The standard InChI is InChI=1S/C13H18N2/c1-8-5-6-15-7-11(8)13(14)12-9-3-2-4-10(9)12/h5-7,9-10,12-13H,2-4,14H2,1H3. The molecule has 15 heavy (non-hydrogen) atoms. The third-order valence-electron chi connectivity index (χ3n) is 4.33. The fraction of sp³-hybridized carbons (Fsp3) is 0.615. The molecule has 2 heteroatoms. The van der Waals surface area contributed by atoms with Crippen LogP contribution >= 0.6 is 0 Å². The van der Waals surface area contributed by atoms with Crippen LogP contribution in [0.5, 0.6) is 0 Å². The van der Waals surface area contributed by atoms with E-state index in [-0.39, 0.29) is 6.04 Å². The molecule has 3 rings (SSSR count). The fourth-order valence-corrected chi connectivity index (χ4v) is 3.44. The molecule has 0 aliphatic heterocycles. The number of fused-ring (bicyclic) bond motifs is 1. The first-order valence-electron chi connectivity index (χ1n) is 5.95. The van der Waals surface area contributed by atoms with Crippen molar-refractivity contribution in [2.24, 2.45) is 23.5 Å². The van der Waals surface area contributed by atoms with Gasteiger partial charge in [0.1, 0.15) is 0 Å². The van der Waals surface area contributed by atoms with Crippen LogP contribution in [-0.2, 0) is 0 Å². The highest BCUT2D eigenvalue weighted by Crippen LogP contribution is 2.61. The molecule has 2 aliphatic carbocycles. The van der Waals surface area contributed by atoms with Crippen molar-refractivity contribution in [3.8, 4) is 0 Å². The van der Waals surface area contributed by atoms with E-state index in [2.05, 4.69) is 18.0 Å². The van der Waals surface area contributed by atoms with E-state index in [1.807, 2.05) is 12.4 Å². The van der Waals surface area contributed by atoms with E-state index in [0.29, 0.717) is 0 Å². The predicted molar refractivity (Wildman–Crippen MR) is 60.2 cm³/mol. The Bertz CT molecular complexity index is 365. The molecule has 80 valence electrons. The van der Waals surface area contributed by atoms with Gasteiger partial charge in [-0.05, 0) is 54.7 Å². The summed E-state index contributed by atoms with van der Waals surface area (Å²) in [4.78, 5) is 4.19. The predicted octanol–water partition coefficient (Wildman–Crippen LogP) is 2.44. The SMILES string of the molecule is Cc1ccncc1C(N)C1C2CCCC21. The van der Waals surface area contributed by atoms with Gasteiger partial charge in [0.15, 0.2) is 0 Å². The van der Waals surface area contributed by atoms with Gasteiger partial charge in [-0.15, -0.1) is 0 Å². The number of nitrogens with two attached hydrogens (primary N) is 1. The van der Waals surface area contributed by atoms with Gasteiger partial charge >= 0.3 is 0 Å². The van der Waals surface area contributed by atoms with Crippen LogP contribution in [0, 0.1) is 24.7 Å². The molecular formula is C13H18N2. The van der Waals surface area contributed by atoms with Crippen LogP contribution in [0.15, 0.2) is 18.5 Å². The molecule has 2 N–H and O–H groups in total. The summed E-state index contributed by atoms with van der Waals surface area (Å²) >= 11 is 0. The van der Waals surface area contributed by atoms with Crippen LogP contribution in [0.25, 0.3) is 0 Å². The van der Waals surface area contributed by atoms with Crippen LogP contribution in [0.3, 0.4) is 0 Å². The maximum absolute atomic E-state index is 6.35. The van der Waals surface area contributed by atoms with Gasteiger partial charge in [-0.25, -0.2) is 0 Å². The van der Waals surface area contributed by atoms with Crippen molar-refractivity contribution in [3.63, 3.8) is 0 Å². The van der Waals surface area contributed by atoms with Gasteiger partial charge in [0.25, 0.3) is 0 Å². The molecule has 2 aliphatic rings. The lowest BCUT2D eigenvalue weighted by Gasteiger charge is -2.15. The molecule has 0 bridgehead atoms. The van der Waals surface area contributed by atoms with E-state index in [9.17, 15) is 0 Å². The molecule has 2 saturated carbocycles. The highest BCUT2D eigenvalue weighted by Gasteiger charge is 2.55. The number of hydrogen-bond acceptors (Lipinski definition) is 2. The van der Waals surface area contributed by atoms with E-state index in [1.165, 1.54) is 30.4 Å². The van der Waals surface area contributed by atoms with Crippen molar-refractivity contribution >= 4 is 0 Å². The summed E-state index contributed by atoms with van der Waals surface area (Å²) in [5, 5.41) is 0. The molecule has 0 radical (unpaired) electrons. The first kappa shape index (κ1) is 9.34. The van der Waals surface area contributed by atoms with Crippen molar-refractivity contribution in [2.45, 2.75) is 32.2 Å². The van der Waals surface area contributed by atoms with Crippen molar-refractivity contribution < 1.29 is 0 Å². The van der Waals surface area contributed by atoms with Crippen molar-refractivity contribution in [1.29, 1.82) is 0 Å². The minimum Gasteiger partial charge on any atom is -0.324 e. The Morgan fingerprint density at radius 3 is 2.80 bits per heavy atom. The number of aromatic nitrogens is 1. The van der Waals surface area contributed by atoms with Crippen molar-refractivity contribution in [1.82, 2.24) is 4.98 Å². The smallest absolute Gasteiger partial charge is 0.0347 e. The summed E-state index contributed by atoms with van der Waals surface area (Å²) in [5.74, 6) is 2.61. The monoisotopic (exact) mass is 202 g/mol. The molecule has 0 amide bonds. The molecule has 2 nitrogen and oxygen atoms in total. The topological polar surface area (TPSA) is 38.9 Å².